The predicted molar refractivity (Wildman–Crippen MR) is 131 cm³/mol. The lowest BCUT2D eigenvalue weighted by Crippen LogP contribution is -2.57. The van der Waals surface area contributed by atoms with Gasteiger partial charge in [-0.25, -0.2) is 0 Å². The van der Waals surface area contributed by atoms with Crippen LogP contribution in [0.25, 0.3) is 21.2 Å². The van der Waals surface area contributed by atoms with Crippen molar-refractivity contribution >= 4 is 33.0 Å². The van der Waals surface area contributed by atoms with Gasteiger partial charge in [-0.2, -0.15) is 0 Å². The Hall–Kier alpha value is -2.41. The van der Waals surface area contributed by atoms with Crippen molar-refractivity contribution in [1.82, 2.24) is 10.2 Å². The quantitative estimate of drug-likeness (QED) is 0.650. The summed E-state index contributed by atoms with van der Waals surface area (Å²) in [4.78, 5) is 18.8. The third-order valence-corrected chi connectivity index (χ3v) is 8.46. The molecule has 1 amide bonds. The molecule has 32 heavy (non-hydrogen) atoms. The van der Waals surface area contributed by atoms with Gasteiger partial charge in [0.2, 0.25) is 0 Å². The van der Waals surface area contributed by atoms with E-state index in [9.17, 15) is 4.79 Å². The molecule has 0 spiro atoms. The molecule has 7 rings (SSSR count). The van der Waals surface area contributed by atoms with Crippen molar-refractivity contribution in [3.05, 3.63) is 53.4 Å². The molecule has 0 radical (unpaired) electrons. The Bertz CT molecular complexity index is 1130. The number of fused-ring (bicyclic) bond motifs is 4. The van der Waals surface area contributed by atoms with E-state index in [1.807, 2.05) is 0 Å². The number of nitrogens with one attached hydrogen (secondary N) is 1. The van der Waals surface area contributed by atoms with Crippen LogP contribution in [0.3, 0.4) is 0 Å². The maximum Gasteiger partial charge on any atom is 0.261 e. The normalized spacial score (nSPS) is 25.2. The molecule has 2 aromatic carbocycles. The third-order valence-electron chi connectivity index (χ3n) is 7.27. The summed E-state index contributed by atoms with van der Waals surface area (Å²) in [6.45, 7) is 6.79. The van der Waals surface area contributed by atoms with Crippen molar-refractivity contribution < 1.29 is 9.53 Å². The summed E-state index contributed by atoms with van der Waals surface area (Å²) in [6.07, 6.45) is 2.42. The van der Waals surface area contributed by atoms with E-state index in [-0.39, 0.29) is 5.91 Å². The van der Waals surface area contributed by atoms with Gasteiger partial charge >= 0.3 is 0 Å². The number of hydrogen-bond acceptors (Lipinski definition) is 5. The molecule has 0 saturated carbocycles. The zero-order chi connectivity index (χ0) is 21.5. The van der Waals surface area contributed by atoms with Crippen molar-refractivity contribution in [3.63, 3.8) is 0 Å². The highest BCUT2D eigenvalue weighted by Gasteiger charge is 2.35. The molecule has 1 N–H and O–H groups in total. The molecule has 3 aromatic rings. The molecule has 4 fully saturated rings. The molecule has 4 aliphatic rings. The van der Waals surface area contributed by atoms with Crippen LogP contribution in [0.2, 0.25) is 0 Å². The van der Waals surface area contributed by atoms with E-state index in [2.05, 4.69) is 63.6 Å². The Morgan fingerprint density at radius 2 is 1.81 bits per heavy atom. The average molecular weight is 448 g/mol. The first-order chi connectivity index (χ1) is 15.7. The van der Waals surface area contributed by atoms with Crippen LogP contribution in [0.5, 0.6) is 0 Å². The van der Waals surface area contributed by atoms with Gasteiger partial charge in [-0.1, -0.05) is 30.3 Å². The summed E-state index contributed by atoms with van der Waals surface area (Å²) in [5.74, 6) is 0.717. The Morgan fingerprint density at radius 1 is 1.00 bits per heavy atom. The fourth-order valence-corrected chi connectivity index (χ4v) is 6.56. The van der Waals surface area contributed by atoms with E-state index < -0.39 is 0 Å². The van der Waals surface area contributed by atoms with Gasteiger partial charge in [-0.3, -0.25) is 4.79 Å². The van der Waals surface area contributed by atoms with Gasteiger partial charge in [0.1, 0.15) is 0 Å². The second-order valence-electron chi connectivity index (χ2n) is 9.20. The summed E-state index contributed by atoms with van der Waals surface area (Å²) in [5, 5.41) is 4.49. The SMILES string of the molecule is O=C(N[C@H]1CN2CCC1CC2)c1cc2cccc(-c3cccc(N4CCOCC4)c3)c2s1. The van der Waals surface area contributed by atoms with Crippen LogP contribution in [0.15, 0.2) is 48.5 Å². The minimum atomic E-state index is 0.0815. The van der Waals surface area contributed by atoms with Gasteiger partial charge in [-0.05, 0) is 66.6 Å². The topological polar surface area (TPSA) is 44.8 Å². The van der Waals surface area contributed by atoms with Crippen LogP contribution in [-0.4, -0.2) is 62.8 Å². The molecule has 2 bridgehead atoms. The molecular weight excluding hydrogens is 418 g/mol. The number of ether oxygens (including phenoxy) is 1. The molecular formula is C26H29N3O2S. The summed E-state index contributed by atoms with van der Waals surface area (Å²) in [7, 11) is 0. The summed E-state index contributed by atoms with van der Waals surface area (Å²) in [5.41, 5.74) is 3.63. The number of carbonyl (C=O) groups excluding carboxylic acids is 1. The van der Waals surface area contributed by atoms with Gasteiger partial charge in [0.15, 0.2) is 0 Å². The van der Waals surface area contributed by atoms with Crippen molar-refractivity contribution in [2.45, 2.75) is 18.9 Å². The predicted octanol–water partition coefficient (Wildman–Crippen LogP) is 4.23. The lowest BCUT2D eigenvalue weighted by Gasteiger charge is -2.44. The van der Waals surface area contributed by atoms with Gasteiger partial charge in [-0.15, -0.1) is 11.3 Å². The maximum absolute atomic E-state index is 13.1. The molecule has 1 aromatic heterocycles. The number of carbonyl (C=O) groups is 1. The van der Waals surface area contributed by atoms with Crippen LogP contribution in [-0.2, 0) is 4.74 Å². The monoisotopic (exact) mass is 447 g/mol. The first-order valence-electron chi connectivity index (χ1n) is 11.7. The minimum Gasteiger partial charge on any atom is -0.378 e. The first-order valence-corrected chi connectivity index (χ1v) is 12.6. The number of amides is 1. The van der Waals surface area contributed by atoms with Crippen molar-refractivity contribution in [3.8, 4) is 11.1 Å². The zero-order valence-electron chi connectivity index (χ0n) is 18.3. The number of nitrogens with zero attached hydrogens (tertiary/aromatic N) is 2. The smallest absolute Gasteiger partial charge is 0.261 e. The van der Waals surface area contributed by atoms with Crippen molar-refractivity contribution in [1.29, 1.82) is 0 Å². The zero-order valence-corrected chi connectivity index (χ0v) is 19.1. The molecule has 5 nitrogen and oxygen atoms in total. The molecule has 166 valence electrons. The van der Waals surface area contributed by atoms with Gasteiger partial charge in [0, 0.05) is 36.1 Å². The summed E-state index contributed by atoms with van der Waals surface area (Å²) in [6, 6.07) is 17.5. The fraction of sp³-hybridized carbons (Fsp3) is 0.423. The highest BCUT2D eigenvalue weighted by molar-refractivity contribution is 7.21. The van der Waals surface area contributed by atoms with Crippen LogP contribution in [0, 0.1) is 5.92 Å². The number of hydrogen-bond donors (Lipinski definition) is 1. The number of piperidine rings is 3. The van der Waals surface area contributed by atoms with Crippen LogP contribution >= 0.6 is 11.3 Å². The van der Waals surface area contributed by atoms with Crippen molar-refractivity contribution in [2.75, 3.05) is 50.8 Å². The van der Waals surface area contributed by atoms with Gasteiger partial charge in [0.05, 0.1) is 18.1 Å². The highest BCUT2D eigenvalue weighted by atomic mass is 32.1. The molecule has 0 unspecified atom stereocenters. The Labute approximate surface area is 193 Å². The lowest BCUT2D eigenvalue weighted by molar-refractivity contribution is 0.0622. The van der Waals surface area contributed by atoms with E-state index in [1.54, 1.807) is 11.3 Å². The molecule has 1 atom stereocenters. The number of rotatable bonds is 4. The highest BCUT2D eigenvalue weighted by Crippen LogP contribution is 2.37. The van der Waals surface area contributed by atoms with Crippen molar-refractivity contribution in [2.24, 2.45) is 5.92 Å². The molecule has 4 aliphatic heterocycles. The minimum absolute atomic E-state index is 0.0815. The molecule has 4 saturated heterocycles. The second-order valence-corrected chi connectivity index (χ2v) is 10.3. The maximum atomic E-state index is 13.1. The van der Waals surface area contributed by atoms with E-state index >= 15 is 0 Å². The van der Waals surface area contributed by atoms with Crippen LogP contribution < -0.4 is 10.2 Å². The second kappa shape index (κ2) is 8.50. The Balaban J connectivity index is 1.27. The average Bonchev–Trinajstić information content (AvgIpc) is 3.30. The van der Waals surface area contributed by atoms with E-state index in [1.165, 1.54) is 47.4 Å². The third kappa shape index (κ3) is 3.81. The lowest BCUT2D eigenvalue weighted by atomic mass is 9.84. The van der Waals surface area contributed by atoms with Crippen LogP contribution in [0.1, 0.15) is 22.5 Å². The van der Waals surface area contributed by atoms with E-state index in [0.29, 0.717) is 12.0 Å². The molecule has 0 aliphatic carbocycles. The Morgan fingerprint density at radius 3 is 2.59 bits per heavy atom. The molecule has 5 heterocycles. The number of anilines is 1. The molecule has 6 heteroatoms. The van der Waals surface area contributed by atoms with E-state index in [4.69, 9.17) is 4.74 Å². The van der Waals surface area contributed by atoms with Gasteiger partial charge in [0.25, 0.3) is 5.91 Å². The number of thiophene rings is 1. The Kier molecular flexibility index (Phi) is 5.37. The first kappa shape index (κ1) is 20.2. The largest absolute Gasteiger partial charge is 0.378 e. The summed E-state index contributed by atoms with van der Waals surface area (Å²) < 4.78 is 6.69. The standard InChI is InChI=1S/C26H29N3O2S/c30-26(27-23-17-28-9-7-18(23)8-10-28)24-16-20-4-2-6-22(25(20)32-24)19-3-1-5-21(15-19)29-11-13-31-14-12-29/h1-6,15-16,18,23H,7-14,17H2,(H,27,30)/t23-/m0/s1. The number of benzene rings is 2. The van der Waals surface area contributed by atoms with E-state index in [0.717, 1.165) is 43.1 Å². The fourth-order valence-electron chi connectivity index (χ4n) is 5.46. The van der Waals surface area contributed by atoms with Gasteiger partial charge < -0.3 is 19.9 Å². The summed E-state index contributed by atoms with van der Waals surface area (Å²) >= 11 is 1.62. The van der Waals surface area contributed by atoms with Crippen LogP contribution in [0.4, 0.5) is 5.69 Å². The number of morpholine rings is 1.